The highest BCUT2D eigenvalue weighted by Crippen LogP contribution is 2.21. The summed E-state index contributed by atoms with van der Waals surface area (Å²) in [6.07, 6.45) is 5.16. The molecule has 0 radical (unpaired) electrons. The summed E-state index contributed by atoms with van der Waals surface area (Å²) >= 11 is 0. The zero-order chi connectivity index (χ0) is 14.3. The number of hydrogen-bond acceptors (Lipinski definition) is 4. The van der Waals surface area contributed by atoms with Crippen LogP contribution in [0.3, 0.4) is 0 Å². The van der Waals surface area contributed by atoms with Crippen LogP contribution in [-0.4, -0.2) is 31.5 Å². The molecule has 5 heteroatoms. The molecule has 108 valence electrons. The van der Waals surface area contributed by atoms with Crippen molar-refractivity contribution in [3.63, 3.8) is 0 Å². The van der Waals surface area contributed by atoms with Gasteiger partial charge in [-0.25, -0.2) is 8.42 Å². The van der Waals surface area contributed by atoms with Gasteiger partial charge in [-0.05, 0) is 43.5 Å². The molecule has 0 aliphatic rings. The minimum Gasteiger partial charge on any atom is -0.310 e. The second-order valence-corrected chi connectivity index (χ2v) is 7.19. The van der Waals surface area contributed by atoms with E-state index in [1.807, 2.05) is 19.2 Å². The zero-order valence-electron chi connectivity index (χ0n) is 12.0. The molecule has 1 heterocycles. The van der Waals surface area contributed by atoms with Crippen molar-refractivity contribution >= 4 is 9.84 Å². The van der Waals surface area contributed by atoms with E-state index in [0.717, 1.165) is 18.5 Å². The average molecular weight is 284 g/mol. The second-order valence-electron chi connectivity index (χ2n) is 4.72. The van der Waals surface area contributed by atoms with Gasteiger partial charge in [-0.2, -0.15) is 0 Å². The van der Waals surface area contributed by atoms with Crippen LogP contribution in [0.15, 0.2) is 18.5 Å². The molecule has 0 spiro atoms. The fourth-order valence-electron chi connectivity index (χ4n) is 2.14. The van der Waals surface area contributed by atoms with Crippen LogP contribution in [0, 0.1) is 6.92 Å². The Bertz CT molecular complexity index is 486. The van der Waals surface area contributed by atoms with Gasteiger partial charge in [0.2, 0.25) is 0 Å². The SMILES string of the molecule is CCNC(CCCS(=O)(=O)CC)c1ccncc1C. The van der Waals surface area contributed by atoms with E-state index in [2.05, 4.69) is 17.2 Å². The van der Waals surface area contributed by atoms with E-state index < -0.39 is 9.84 Å². The van der Waals surface area contributed by atoms with Crippen molar-refractivity contribution in [3.05, 3.63) is 29.6 Å². The van der Waals surface area contributed by atoms with Crippen LogP contribution in [0.4, 0.5) is 0 Å². The number of nitrogens with zero attached hydrogens (tertiary/aromatic N) is 1. The van der Waals surface area contributed by atoms with E-state index in [4.69, 9.17) is 0 Å². The minimum absolute atomic E-state index is 0.208. The normalized spacial score (nSPS) is 13.4. The Hall–Kier alpha value is -0.940. The summed E-state index contributed by atoms with van der Waals surface area (Å²) in [5, 5.41) is 3.42. The Morgan fingerprint density at radius 1 is 1.37 bits per heavy atom. The molecule has 0 fully saturated rings. The maximum Gasteiger partial charge on any atom is 0.150 e. The standard InChI is InChI=1S/C14H24N2O2S/c1-4-16-14(7-6-10-19(17,18)5-2)13-8-9-15-11-12(13)3/h8-9,11,14,16H,4-7,10H2,1-3H3. The summed E-state index contributed by atoms with van der Waals surface area (Å²) in [5.41, 5.74) is 2.36. The summed E-state index contributed by atoms with van der Waals surface area (Å²) in [4.78, 5) is 4.10. The predicted molar refractivity (Wildman–Crippen MR) is 79.0 cm³/mol. The van der Waals surface area contributed by atoms with E-state index >= 15 is 0 Å². The van der Waals surface area contributed by atoms with Crippen LogP contribution < -0.4 is 5.32 Å². The number of aromatic nitrogens is 1. The molecular formula is C14H24N2O2S. The summed E-state index contributed by atoms with van der Waals surface area (Å²) in [6.45, 7) is 6.67. The van der Waals surface area contributed by atoms with Crippen molar-refractivity contribution in [1.29, 1.82) is 0 Å². The highest BCUT2D eigenvalue weighted by molar-refractivity contribution is 7.91. The zero-order valence-corrected chi connectivity index (χ0v) is 12.8. The topological polar surface area (TPSA) is 59.1 Å². The molecule has 4 nitrogen and oxygen atoms in total. The summed E-state index contributed by atoms with van der Waals surface area (Å²) in [6, 6.07) is 2.22. The fourth-order valence-corrected chi connectivity index (χ4v) is 3.04. The first-order valence-electron chi connectivity index (χ1n) is 6.84. The molecule has 19 heavy (non-hydrogen) atoms. The Labute approximate surface area is 116 Å². The molecule has 1 rings (SSSR count). The summed E-state index contributed by atoms with van der Waals surface area (Å²) in [7, 11) is -2.86. The summed E-state index contributed by atoms with van der Waals surface area (Å²) < 4.78 is 23.0. The third-order valence-electron chi connectivity index (χ3n) is 3.28. The van der Waals surface area contributed by atoms with Gasteiger partial charge in [-0.15, -0.1) is 0 Å². The van der Waals surface area contributed by atoms with Crippen LogP contribution in [-0.2, 0) is 9.84 Å². The maximum absolute atomic E-state index is 11.5. The van der Waals surface area contributed by atoms with Crippen molar-refractivity contribution in [2.24, 2.45) is 0 Å². The molecule has 0 aliphatic carbocycles. The third kappa shape index (κ3) is 5.28. The van der Waals surface area contributed by atoms with E-state index in [9.17, 15) is 8.42 Å². The predicted octanol–water partition coefficient (Wildman–Crippen LogP) is 2.26. The number of hydrogen-bond donors (Lipinski definition) is 1. The van der Waals surface area contributed by atoms with Crippen molar-refractivity contribution in [2.45, 2.75) is 39.7 Å². The molecule has 0 amide bonds. The molecular weight excluding hydrogens is 260 g/mol. The Morgan fingerprint density at radius 3 is 2.68 bits per heavy atom. The molecule has 1 aromatic heterocycles. The summed E-state index contributed by atoms with van der Waals surface area (Å²) in [5.74, 6) is 0.503. The lowest BCUT2D eigenvalue weighted by molar-refractivity contribution is 0.504. The van der Waals surface area contributed by atoms with Gasteiger partial charge >= 0.3 is 0 Å². The molecule has 0 aliphatic heterocycles. The third-order valence-corrected chi connectivity index (χ3v) is 5.07. The fraction of sp³-hybridized carbons (Fsp3) is 0.643. The van der Waals surface area contributed by atoms with Crippen LogP contribution in [0.2, 0.25) is 0 Å². The van der Waals surface area contributed by atoms with Crippen molar-refractivity contribution in [3.8, 4) is 0 Å². The first-order chi connectivity index (χ1) is 9.00. The molecule has 1 atom stereocenters. The van der Waals surface area contributed by atoms with Gasteiger partial charge in [0, 0.05) is 24.2 Å². The number of pyridine rings is 1. The van der Waals surface area contributed by atoms with Gasteiger partial charge in [-0.3, -0.25) is 4.98 Å². The number of rotatable bonds is 8. The molecule has 0 aromatic carbocycles. The van der Waals surface area contributed by atoms with Crippen LogP contribution in [0.5, 0.6) is 0 Å². The van der Waals surface area contributed by atoms with E-state index in [1.54, 1.807) is 13.1 Å². The molecule has 0 saturated carbocycles. The number of aryl methyl sites for hydroxylation is 1. The Morgan fingerprint density at radius 2 is 2.11 bits per heavy atom. The highest BCUT2D eigenvalue weighted by atomic mass is 32.2. The van der Waals surface area contributed by atoms with Crippen LogP contribution in [0.25, 0.3) is 0 Å². The number of nitrogens with one attached hydrogen (secondary N) is 1. The first-order valence-corrected chi connectivity index (χ1v) is 8.66. The monoisotopic (exact) mass is 284 g/mol. The van der Waals surface area contributed by atoms with E-state index in [0.29, 0.717) is 6.42 Å². The van der Waals surface area contributed by atoms with Crippen molar-refractivity contribution in [2.75, 3.05) is 18.1 Å². The maximum atomic E-state index is 11.5. The van der Waals surface area contributed by atoms with Crippen molar-refractivity contribution < 1.29 is 8.42 Å². The largest absolute Gasteiger partial charge is 0.310 e. The van der Waals surface area contributed by atoms with Gasteiger partial charge < -0.3 is 5.32 Å². The molecule has 0 saturated heterocycles. The van der Waals surface area contributed by atoms with Crippen LogP contribution in [0.1, 0.15) is 43.9 Å². The Balaban J connectivity index is 2.67. The Kier molecular flexibility index (Phi) is 6.45. The average Bonchev–Trinajstić information content (AvgIpc) is 2.38. The highest BCUT2D eigenvalue weighted by Gasteiger charge is 2.14. The van der Waals surface area contributed by atoms with Gasteiger partial charge in [0.1, 0.15) is 9.84 Å². The van der Waals surface area contributed by atoms with Gasteiger partial charge in [0.15, 0.2) is 0 Å². The molecule has 1 N–H and O–H groups in total. The molecule has 1 unspecified atom stereocenters. The smallest absolute Gasteiger partial charge is 0.150 e. The van der Waals surface area contributed by atoms with Crippen molar-refractivity contribution in [1.82, 2.24) is 10.3 Å². The lowest BCUT2D eigenvalue weighted by atomic mass is 9.99. The first kappa shape index (κ1) is 16.1. The quantitative estimate of drug-likeness (QED) is 0.795. The lowest BCUT2D eigenvalue weighted by Gasteiger charge is -2.20. The lowest BCUT2D eigenvalue weighted by Crippen LogP contribution is -2.22. The van der Waals surface area contributed by atoms with Gasteiger partial charge in [0.05, 0.1) is 5.75 Å². The van der Waals surface area contributed by atoms with Crippen LogP contribution >= 0.6 is 0 Å². The minimum atomic E-state index is -2.86. The van der Waals surface area contributed by atoms with E-state index in [1.165, 1.54) is 5.56 Å². The molecule has 0 bridgehead atoms. The van der Waals surface area contributed by atoms with E-state index in [-0.39, 0.29) is 17.5 Å². The van der Waals surface area contributed by atoms with Gasteiger partial charge in [-0.1, -0.05) is 13.8 Å². The van der Waals surface area contributed by atoms with Gasteiger partial charge in [0.25, 0.3) is 0 Å². The second kappa shape index (κ2) is 7.60. The number of sulfone groups is 1. The molecule has 1 aromatic rings.